The minimum absolute atomic E-state index is 0.0151. The van der Waals surface area contributed by atoms with Crippen LogP contribution in [0.5, 0.6) is 0 Å². The van der Waals surface area contributed by atoms with Gasteiger partial charge in [0, 0.05) is 42.4 Å². The molecule has 2 aromatic heterocycles. The van der Waals surface area contributed by atoms with Crippen LogP contribution < -0.4 is 0 Å². The van der Waals surface area contributed by atoms with E-state index in [4.69, 9.17) is 0 Å². The van der Waals surface area contributed by atoms with Gasteiger partial charge in [-0.15, -0.1) is 11.3 Å². The molecule has 0 bridgehead atoms. The zero-order chi connectivity index (χ0) is 18.2. The van der Waals surface area contributed by atoms with E-state index in [0.717, 1.165) is 17.9 Å². The molecule has 6 nitrogen and oxygen atoms in total. The number of sulfonamides is 1. The number of rotatable bonds is 4. The van der Waals surface area contributed by atoms with Crippen molar-refractivity contribution in [1.82, 2.24) is 13.8 Å². The maximum Gasteiger partial charge on any atom is 0.255 e. The number of aryl methyl sites for hydroxylation is 1. The molecule has 1 aliphatic rings. The molecule has 0 aliphatic carbocycles. The molecular formula is C17H23N3O3S2. The van der Waals surface area contributed by atoms with Gasteiger partial charge in [0.2, 0.25) is 10.0 Å². The normalized spacial score (nSPS) is 16.4. The van der Waals surface area contributed by atoms with Crippen molar-refractivity contribution in [3.05, 3.63) is 45.4 Å². The molecule has 0 unspecified atom stereocenters. The predicted molar refractivity (Wildman–Crippen MR) is 99.6 cm³/mol. The molecule has 0 aromatic carbocycles. The first-order valence-corrected chi connectivity index (χ1v) is 10.9. The Morgan fingerprint density at radius 3 is 2.44 bits per heavy atom. The smallest absolute Gasteiger partial charge is 0.255 e. The van der Waals surface area contributed by atoms with Crippen LogP contribution >= 0.6 is 11.3 Å². The van der Waals surface area contributed by atoms with Gasteiger partial charge >= 0.3 is 0 Å². The van der Waals surface area contributed by atoms with Crippen molar-refractivity contribution in [2.45, 2.75) is 20.4 Å². The Labute approximate surface area is 152 Å². The van der Waals surface area contributed by atoms with Crippen LogP contribution in [0.15, 0.2) is 23.6 Å². The fourth-order valence-corrected chi connectivity index (χ4v) is 4.73. The fourth-order valence-electron chi connectivity index (χ4n) is 3.21. The van der Waals surface area contributed by atoms with E-state index in [-0.39, 0.29) is 5.91 Å². The van der Waals surface area contributed by atoms with Crippen molar-refractivity contribution in [1.29, 1.82) is 0 Å². The molecule has 1 aliphatic heterocycles. The lowest BCUT2D eigenvalue weighted by Gasteiger charge is -2.33. The number of carbonyl (C=O) groups excluding carboxylic acids is 1. The minimum atomic E-state index is -3.19. The number of hydrogen-bond donors (Lipinski definition) is 0. The fraction of sp³-hybridized carbons (Fsp3) is 0.471. The largest absolute Gasteiger partial charge is 0.343 e. The van der Waals surface area contributed by atoms with Crippen molar-refractivity contribution < 1.29 is 13.2 Å². The Morgan fingerprint density at radius 2 is 1.88 bits per heavy atom. The average Bonchev–Trinajstić information content (AvgIpc) is 3.17. The average molecular weight is 382 g/mol. The van der Waals surface area contributed by atoms with Crippen molar-refractivity contribution in [3.63, 3.8) is 0 Å². The van der Waals surface area contributed by atoms with Gasteiger partial charge in [-0.1, -0.05) is 6.07 Å². The van der Waals surface area contributed by atoms with Crippen LogP contribution in [0.25, 0.3) is 0 Å². The molecule has 0 N–H and O–H groups in total. The van der Waals surface area contributed by atoms with Gasteiger partial charge in [0.15, 0.2) is 0 Å². The molecule has 0 radical (unpaired) electrons. The molecular weight excluding hydrogens is 358 g/mol. The van der Waals surface area contributed by atoms with Gasteiger partial charge in [0.05, 0.1) is 18.4 Å². The second-order valence-electron chi connectivity index (χ2n) is 6.40. The molecule has 0 saturated carbocycles. The molecule has 1 amide bonds. The zero-order valence-corrected chi connectivity index (χ0v) is 16.4. The van der Waals surface area contributed by atoms with E-state index in [9.17, 15) is 13.2 Å². The van der Waals surface area contributed by atoms with E-state index in [1.54, 1.807) is 16.2 Å². The minimum Gasteiger partial charge on any atom is -0.343 e. The quantitative estimate of drug-likeness (QED) is 0.813. The Balaban J connectivity index is 1.75. The summed E-state index contributed by atoms with van der Waals surface area (Å²) in [7, 11) is -3.19. The third kappa shape index (κ3) is 3.80. The molecule has 0 atom stereocenters. The van der Waals surface area contributed by atoms with Crippen LogP contribution in [0.2, 0.25) is 0 Å². The number of thiophene rings is 1. The third-order valence-electron chi connectivity index (χ3n) is 4.69. The highest BCUT2D eigenvalue weighted by atomic mass is 32.2. The van der Waals surface area contributed by atoms with Crippen LogP contribution in [-0.4, -0.2) is 60.5 Å². The number of hydrogen-bond acceptors (Lipinski definition) is 4. The molecule has 1 saturated heterocycles. The van der Waals surface area contributed by atoms with Crippen molar-refractivity contribution in [3.8, 4) is 0 Å². The van der Waals surface area contributed by atoms with Gasteiger partial charge in [-0.05, 0) is 31.4 Å². The van der Waals surface area contributed by atoms with E-state index >= 15 is 0 Å². The SMILES string of the molecule is Cc1cc(C(=O)N2CCN(S(C)(=O)=O)CC2)c(C)n1Cc1cccs1. The number of amides is 1. The number of piperazine rings is 1. The first-order valence-electron chi connectivity index (χ1n) is 8.21. The van der Waals surface area contributed by atoms with E-state index in [2.05, 4.69) is 16.0 Å². The van der Waals surface area contributed by atoms with Gasteiger partial charge < -0.3 is 9.47 Å². The van der Waals surface area contributed by atoms with E-state index < -0.39 is 10.0 Å². The Hall–Kier alpha value is -1.64. The van der Waals surface area contributed by atoms with Crippen molar-refractivity contribution >= 4 is 27.3 Å². The monoisotopic (exact) mass is 381 g/mol. The molecule has 0 spiro atoms. The standard InChI is InChI=1S/C17H23N3O3S2/c1-13-11-16(14(2)20(13)12-15-5-4-10-24-15)17(21)18-6-8-19(9-7-18)25(3,22)23/h4-5,10-11H,6-9,12H2,1-3H3. The summed E-state index contributed by atoms with van der Waals surface area (Å²) in [5, 5.41) is 2.05. The number of carbonyl (C=O) groups is 1. The Kier molecular flexibility index (Phi) is 5.04. The summed E-state index contributed by atoms with van der Waals surface area (Å²) in [4.78, 5) is 15.9. The maximum atomic E-state index is 12.9. The van der Waals surface area contributed by atoms with Gasteiger partial charge in [-0.3, -0.25) is 4.79 Å². The highest BCUT2D eigenvalue weighted by Gasteiger charge is 2.28. The van der Waals surface area contributed by atoms with Crippen LogP contribution in [-0.2, 0) is 16.6 Å². The van der Waals surface area contributed by atoms with E-state index in [1.165, 1.54) is 15.4 Å². The summed E-state index contributed by atoms with van der Waals surface area (Å²) in [6.45, 7) is 6.34. The molecule has 25 heavy (non-hydrogen) atoms. The Morgan fingerprint density at radius 1 is 1.20 bits per heavy atom. The summed E-state index contributed by atoms with van der Waals surface area (Å²) in [5.41, 5.74) is 2.73. The first kappa shape index (κ1) is 18.2. The molecule has 3 rings (SSSR count). The van der Waals surface area contributed by atoms with Gasteiger partial charge in [0.25, 0.3) is 5.91 Å². The summed E-state index contributed by atoms with van der Waals surface area (Å²) >= 11 is 1.70. The summed E-state index contributed by atoms with van der Waals surface area (Å²) in [6.07, 6.45) is 1.21. The van der Waals surface area contributed by atoms with Gasteiger partial charge in [-0.2, -0.15) is 4.31 Å². The molecule has 8 heteroatoms. The second-order valence-corrected chi connectivity index (χ2v) is 9.42. The van der Waals surface area contributed by atoms with Crippen LogP contribution in [0.3, 0.4) is 0 Å². The lowest BCUT2D eigenvalue weighted by atomic mass is 10.2. The van der Waals surface area contributed by atoms with Gasteiger partial charge in [-0.25, -0.2) is 8.42 Å². The molecule has 136 valence electrons. The lowest BCUT2D eigenvalue weighted by molar-refractivity contribution is 0.0697. The molecule has 3 heterocycles. The van der Waals surface area contributed by atoms with E-state index in [0.29, 0.717) is 31.7 Å². The Bertz CT molecular complexity index is 861. The third-order valence-corrected chi connectivity index (χ3v) is 6.86. The number of aromatic nitrogens is 1. The summed E-state index contributed by atoms with van der Waals surface area (Å²) in [6, 6.07) is 6.06. The van der Waals surface area contributed by atoms with Crippen molar-refractivity contribution in [2.24, 2.45) is 0 Å². The van der Waals surface area contributed by atoms with Crippen LogP contribution in [0, 0.1) is 13.8 Å². The van der Waals surface area contributed by atoms with Crippen LogP contribution in [0.1, 0.15) is 26.6 Å². The highest BCUT2D eigenvalue weighted by Crippen LogP contribution is 2.21. The van der Waals surface area contributed by atoms with E-state index in [1.807, 2.05) is 26.0 Å². The van der Waals surface area contributed by atoms with Crippen LogP contribution in [0.4, 0.5) is 0 Å². The van der Waals surface area contributed by atoms with Crippen molar-refractivity contribution in [2.75, 3.05) is 32.4 Å². The summed E-state index contributed by atoms with van der Waals surface area (Å²) < 4.78 is 26.8. The molecule has 1 fully saturated rings. The number of nitrogens with zero attached hydrogens (tertiary/aromatic N) is 3. The summed E-state index contributed by atoms with van der Waals surface area (Å²) in [5.74, 6) is -0.0151. The lowest BCUT2D eigenvalue weighted by Crippen LogP contribution is -2.50. The molecule has 2 aromatic rings. The maximum absolute atomic E-state index is 12.9. The highest BCUT2D eigenvalue weighted by molar-refractivity contribution is 7.88. The second kappa shape index (κ2) is 6.93. The first-order chi connectivity index (χ1) is 11.8. The zero-order valence-electron chi connectivity index (χ0n) is 14.7. The topological polar surface area (TPSA) is 62.6 Å². The predicted octanol–water partition coefficient (Wildman–Crippen LogP) is 1.93. The van der Waals surface area contributed by atoms with Gasteiger partial charge in [0.1, 0.15) is 0 Å².